The van der Waals surface area contributed by atoms with Gasteiger partial charge in [0, 0.05) is 30.3 Å². The first-order chi connectivity index (χ1) is 10.2. The topological polar surface area (TPSA) is 42.0 Å². The molecule has 21 heavy (non-hydrogen) atoms. The van der Waals surface area contributed by atoms with Gasteiger partial charge in [0.15, 0.2) is 0 Å². The molecule has 1 aromatic heterocycles. The molecule has 2 bridgehead atoms. The van der Waals surface area contributed by atoms with Gasteiger partial charge in [-0.2, -0.15) is 0 Å². The highest BCUT2D eigenvalue weighted by Crippen LogP contribution is 2.70. The number of nitrogens with zero attached hydrogens (tertiary/aromatic N) is 1. The van der Waals surface area contributed by atoms with Gasteiger partial charge in [-0.1, -0.05) is 18.2 Å². The summed E-state index contributed by atoms with van der Waals surface area (Å²) in [5.41, 5.74) is 1.53. The van der Waals surface area contributed by atoms with Crippen LogP contribution in [0.25, 0.3) is 0 Å². The molecule has 0 aromatic carbocycles. The van der Waals surface area contributed by atoms with Gasteiger partial charge in [0.2, 0.25) is 5.91 Å². The molecule has 2 fully saturated rings. The van der Waals surface area contributed by atoms with Gasteiger partial charge in [-0.25, -0.2) is 0 Å². The Morgan fingerprint density at radius 1 is 1.43 bits per heavy atom. The zero-order valence-corrected chi connectivity index (χ0v) is 12.5. The summed E-state index contributed by atoms with van der Waals surface area (Å²) in [6, 6.07) is 6.07. The average molecular weight is 282 g/mol. The minimum atomic E-state index is 0.144. The second-order valence-electron chi connectivity index (χ2n) is 7.03. The molecule has 1 N–H and O–H groups in total. The molecular weight excluding hydrogens is 260 g/mol. The van der Waals surface area contributed by atoms with E-state index in [0.717, 1.165) is 18.5 Å². The number of carbonyl (C=O) groups is 1. The monoisotopic (exact) mass is 282 g/mol. The molecule has 0 unspecified atom stereocenters. The zero-order valence-electron chi connectivity index (χ0n) is 12.5. The lowest BCUT2D eigenvalue weighted by molar-refractivity contribution is -0.126. The highest BCUT2D eigenvalue weighted by molar-refractivity contribution is 5.80. The van der Waals surface area contributed by atoms with Gasteiger partial charge in [0.25, 0.3) is 0 Å². The molecule has 1 spiro atoms. The molecule has 1 amide bonds. The SMILES string of the molecule is C[C@H](Cc1ccccn1)NC(=O)[C@H]1C[C@H]2C=C[C@H]1C21CC1. The van der Waals surface area contributed by atoms with Crippen molar-refractivity contribution >= 4 is 5.91 Å². The van der Waals surface area contributed by atoms with Crippen LogP contribution in [-0.2, 0) is 11.2 Å². The Hall–Kier alpha value is -1.64. The van der Waals surface area contributed by atoms with E-state index in [9.17, 15) is 4.79 Å². The standard InChI is InChI=1S/C18H22N2O/c1-12(10-14-4-2-3-9-19-14)20-17(21)15-11-13-5-6-16(15)18(13)7-8-18/h2-6,9,12-13,15-16H,7-8,10-11H2,1H3,(H,20,21)/t12-,13-,15+,16-/m1/s1. The fourth-order valence-corrected chi connectivity index (χ4v) is 4.50. The van der Waals surface area contributed by atoms with Crippen LogP contribution in [0.5, 0.6) is 0 Å². The summed E-state index contributed by atoms with van der Waals surface area (Å²) in [7, 11) is 0. The second kappa shape index (κ2) is 4.69. The number of hydrogen-bond acceptors (Lipinski definition) is 2. The molecule has 1 heterocycles. The smallest absolute Gasteiger partial charge is 0.223 e. The van der Waals surface area contributed by atoms with E-state index in [-0.39, 0.29) is 17.9 Å². The molecule has 3 aliphatic rings. The molecule has 2 saturated carbocycles. The van der Waals surface area contributed by atoms with Crippen molar-refractivity contribution in [2.75, 3.05) is 0 Å². The van der Waals surface area contributed by atoms with Gasteiger partial charge in [0.05, 0.1) is 0 Å². The Kier molecular flexibility index (Phi) is 2.91. The minimum absolute atomic E-state index is 0.144. The van der Waals surface area contributed by atoms with Crippen molar-refractivity contribution in [3.63, 3.8) is 0 Å². The van der Waals surface area contributed by atoms with Crippen molar-refractivity contribution in [2.45, 2.75) is 38.6 Å². The zero-order chi connectivity index (χ0) is 14.4. The predicted molar refractivity (Wildman–Crippen MR) is 81.4 cm³/mol. The van der Waals surface area contributed by atoms with Crippen molar-refractivity contribution in [3.8, 4) is 0 Å². The summed E-state index contributed by atoms with van der Waals surface area (Å²) in [5.74, 6) is 1.63. The highest BCUT2D eigenvalue weighted by atomic mass is 16.2. The van der Waals surface area contributed by atoms with Crippen molar-refractivity contribution in [3.05, 3.63) is 42.2 Å². The van der Waals surface area contributed by atoms with Crippen LogP contribution in [0.15, 0.2) is 36.5 Å². The van der Waals surface area contributed by atoms with Crippen molar-refractivity contribution < 1.29 is 4.79 Å². The van der Waals surface area contributed by atoms with Crippen LogP contribution in [0, 0.1) is 23.2 Å². The van der Waals surface area contributed by atoms with Gasteiger partial charge < -0.3 is 5.32 Å². The van der Waals surface area contributed by atoms with Crippen LogP contribution >= 0.6 is 0 Å². The number of amides is 1. The third-order valence-corrected chi connectivity index (χ3v) is 5.69. The Labute approximate surface area is 125 Å². The molecule has 0 aliphatic heterocycles. The predicted octanol–water partition coefficient (Wildman–Crippen LogP) is 2.73. The first-order valence-electron chi connectivity index (χ1n) is 8.08. The second-order valence-corrected chi connectivity index (χ2v) is 7.03. The molecule has 3 aliphatic carbocycles. The largest absolute Gasteiger partial charge is 0.353 e. The number of aromatic nitrogens is 1. The first-order valence-corrected chi connectivity index (χ1v) is 8.08. The molecule has 1 aromatic rings. The molecule has 0 radical (unpaired) electrons. The third-order valence-electron chi connectivity index (χ3n) is 5.69. The van der Waals surface area contributed by atoms with Crippen LogP contribution in [0.3, 0.4) is 0 Å². The lowest BCUT2D eigenvalue weighted by Crippen LogP contribution is -2.40. The minimum Gasteiger partial charge on any atom is -0.353 e. The maximum atomic E-state index is 12.6. The molecular formula is C18H22N2O. The van der Waals surface area contributed by atoms with Gasteiger partial charge in [-0.3, -0.25) is 9.78 Å². The molecule has 3 nitrogen and oxygen atoms in total. The summed E-state index contributed by atoms with van der Waals surface area (Å²) in [4.78, 5) is 16.9. The Morgan fingerprint density at radius 2 is 2.29 bits per heavy atom. The van der Waals surface area contributed by atoms with Gasteiger partial charge in [-0.05, 0) is 55.6 Å². The number of rotatable bonds is 4. The van der Waals surface area contributed by atoms with Crippen molar-refractivity contribution in [1.82, 2.24) is 10.3 Å². The fourth-order valence-electron chi connectivity index (χ4n) is 4.50. The van der Waals surface area contributed by atoms with Crippen molar-refractivity contribution in [2.24, 2.45) is 23.2 Å². The van der Waals surface area contributed by atoms with E-state index in [4.69, 9.17) is 0 Å². The molecule has 4 atom stereocenters. The summed E-state index contributed by atoms with van der Waals surface area (Å²) in [6.45, 7) is 2.07. The normalized spacial score (nSPS) is 32.3. The summed E-state index contributed by atoms with van der Waals surface area (Å²) in [6.07, 6.45) is 11.0. The Balaban J connectivity index is 1.37. The maximum Gasteiger partial charge on any atom is 0.223 e. The van der Waals surface area contributed by atoms with Crippen LogP contribution in [-0.4, -0.2) is 16.9 Å². The lowest BCUT2D eigenvalue weighted by Gasteiger charge is -2.22. The third kappa shape index (κ3) is 2.10. The van der Waals surface area contributed by atoms with Crippen LogP contribution in [0.2, 0.25) is 0 Å². The van der Waals surface area contributed by atoms with Crippen molar-refractivity contribution in [1.29, 1.82) is 0 Å². The summed E-state index contributed by atoms with van der Waals surface area (Å²) < 4.78 is 0. The summed E-state index contributed by atoms with van der Waals surface area (Å²) >= 11 is 0. The number of hydrogen-bond donors (Lipinski definition) is 1. The van der Waals surface area contributed by atoms with E-state index in [1.54, 1.807) is 6.20 Å². The van der Waals surface area contributed by atoms with Crippen LogP contribution in [0.4, 0.5) is 0 Å². The van der Waals surface area contributed by atoms with Gasteiger partial charge >= 0.3 is 0 Å². The molecule has 3 heteroatoms. The number of carbonyl (C=O) groups excluding carboxylic acids is 1. The van der Waals surface area contributed by atoms with E-state index >= 15 is 0 Å². The van der Waals surface area contributed by atoms with E-state index in [1.165, 1.54) is 12.8 Å². The van der Waals surface area contributed by atoms with Crippen LogP contribution in [0.1, 0.15) is 31.9 Å². The van der Waals surface area contributed by atoms with E-state index < -0.39 is 0 Å². The fraction of sp³-hybridized carbons (Fsp3) is 0.556. The molecule has 110 valence electrons. The average Bonchev–Trinajstić information content (AvgIpc) is 3.14. The highest BCUT2D eigenvalue weighted by Gasteiger charge is 2.64. The lowest BCUT2D eigenvalue weighted by atomic mass is 9.88. The number of pyridine rings is 1. The first kappa shape index (κ1) is 13.1. The van der Waals surface area contributed by atoms with Crippen LogP contribution < -0.4 is 5.32 Å². The van der Waals surface area contributed by atoms with Gasteiger partial charge in [0.1, 0.15) is 0 Å². The van der Waals surface area contributed by atoms with E-state index in [1.807, 2.05) is 18.2 Å². The molecule has 4 rings (SSSR count). The maximum absolute atomic E-state index is 12.6. The Morgan fingerprint density at radius 3 is 2.95 bits per heavy atom. The Bertz CT molecular complexity index is 576. The number of allylic oxidation sites excluding steroid dienone is 2. The molecule has 0 saturated heterocycles. The quantitative estimate of drug-likeness (QED) is 0.863. The summed E-state index contributed by atoms with van der Waals surface area (Å²) in [5, 5.41) is 3.21. The number of nitrogens with one attached hydrogen (secondary N) is 1. The van der Waals surface area contributed by atoms with E-state index in [2.05, 4.69) is 29.4 Å². The van der Waals surface area contributed by atoms with Gasteiger partial charge in [-0.15, -0.1) is 0 Å². The van der Waals surface area contributed by atoms with E-state index in [0.29, 0.717) is 17.3 Å².